The first-order valence-corrected chi connectivity index (χ1v) is 2.43. The second-order valence-electron chi connectivity index (χ2n) is 2.38. The lowest BCUT2D eigenvalue weighted by atomic mass is 10.3. The van der Waals surface area contributed by atoms with Crippen molar-refractivity contribution in [3.63, 3.8) is 0 Å². The highest BCUT2D eigenvalue weighted by molar-refractivity contribution is 5.17. The molecule has 0 atom stereocenters. The van der Waals surface area contributed by atoms with Crippen LogP contribution in [-0.4, -0.2) is 17.0 Å². The van der Waals surface area contributed by atoms with Gasteiger partial charge in [0.05, 0.1) is 0 Å². The Balaban J connectivity index is 2.55. The van der Waals surface area contributed by atoms with Gasteiger partial charge in [0.15, 0.2) is 5.54 Å². The Morgan fingerprint density at radius 2 is 2.14 bits per heavy atom. The third-order valence-electron chi connectivity index (χ3n) is 1.58. The molecule has 0 aliphatic heterocycles. The quantitative estimate of drug-likeness (QED) is 0.206. The van der Waals surface area contributed by atoms with Crippen LogP contribution in [0, 0.1) is 5.21 Å². The zero-order valence-corrected chi connectivity index (χ0v) is 4.48. The molecular formula is C5H9NO. The molecule has 0 heterocycles. The van der Waals surface area contributed by atoms with Crippen LogP contribution < -0.4 is 0 Å². The molecule has 0 spiro atoms. The van der Waals surface area contributed by atoms with Crippen LogP contribution in [0.25, 0.3) is 0 Å². The molecule has 1 aliphatic rings. The van der Waals surface area contributed by atoms with Crippen LogP contribution in [0.1, 0.15) is 19.8 Å². The van der Waals surface area contributed by atoms with E-state index in [1.807, 2.05) is 6.92 Å². The highest BCUT2D eigenvalue weighted by Crippen LogP contribution is 2.37. The van der Waals surface area contributed by atoms with Crippen molar-refractivity contribution < 1.29 is 4.74 Å². The van der Waals surface area contributed by atoms with E-state index in [0.29, 0.717) is 0 Å². The Morgan fingerprint density at radius 3 is 2.14 bits per heavy atom. The summed E-state index contributed by atoms with van der Waals surface area (Å²) in [6, 6.07) is 0. The highest BCUT2D eigenvalue weighted by Gasteiger charge is 2.45. The van der Waals surface area contributed by atoms with Crippen LogP contribution in [-0.2, 0) is 0 Å². The van der Waals surface area contributed by atoms with Crippen molar-refractivity contribution in [3.8, 4) is 0 Å². The Kier molecular flexibility index (Phi) is 0.659. The molecule has 0 aromatic carbocycles. The highest BCUT2D eigenvalue weighted by atomic mass is 16.5. The lowest BCUT2D eigenvalue weighted by molar-refractivity contribution is -0.504. The van der Waals surface area contributed by atoms with E-state index in [2.05, 4.69) is 6.72 Å². The van der Waals surface area contributed by atoms with Crippen molar-refractivity contribution in [1.29, 1.82) is 0 Å². The van der Waals surface area contributed by atoms with Crippen LogP contribution >= 0.6 is 0 Å². The summed E-state index contributed by atoms with van der Waals surface area (Å²) in [5.74, 6) is 0. The van der Waals surface area contributed by atoms with E-state index in [4.69, 9.17) is 0 Å². The SMILES string of the molecule is C=[N+]([O-])C1(C)CC1. The molecule has 2 heteroatoms. The van der Waals surface area contributed by atoms with Gasteiger partial charge in [0, 0.05) is 19.8 Å². The maximum absolute atomic E-state index is 10.3. The zero-order valence-electron chi connectivity index (χ0n) is 4.48. The topological polar surface area (TPSA) is 26.1 Å². The van der Waals surface area contributed by atoms with Crippen molar-refractivity contribution in [3.05, 3.63) is 5.21 Å². The molecule has 0 saturated heterocycles. The molecule has 1 rings (SSSR count). The average molecular weight is 99.1 g/mol. The lowest BCUT2D eigenvalue weighted by Crippen LogP contribution is -2.16. The third-order valence-corrected chi connectivity index (χ3v) is 1.58. The largest absolute Gasteiger partial charge is 0.624 e. The first kappa shape index (κ1) is 4.62. The maximum Gasteiger partial charge on any atom is 0.170 e. The van der Waals surface area contributed by atoms with Crippen LogP contribution in [0.3, 0.4) is 0 Å². The summed E-state index contributed by atoms with van der Waals surface area (Å²) in [5.41, 5.74) is -0.0833. The molecule has 1 aliphatic carbocycles. The van der Waals surface area contributed by atoms with Crippen molar-refractivity contribution in [1.82, 2.24) is 0 Å². The Labute approximate surface area is 43.0 Å². The van der Waals surface area contributed by atoms with Gasteiger partial charge in [-0.05, 0) is 0 Å². The zero-order chi connectivity index (χ0) is 5.49. The number of nitrogens with zero attached hydrogens (tertiary/aromatic N) is 1. The summed E-state index contributed by atoms with van der Waals surface area (Å²) in [4.78, 5) is 0. The Morgan fingerprint density at radius 1 is 1.71 bits per heavy atom. The van der Waals surface area contributed by atoms with E-state index >= 15 is 0 Å². The molecule has 2 nitrogen and oxygen atoms in total. The van der Waals surface area contributed by atoms with Gasteiger partial charge in [0.25, 0.3) is 0 Å². The van der Waals surface area contributed by atoms with Gasteiger partial charge in [-0.15, -0.1) is 0 Å². The van der Waals surface area contributed by atoms with Gasteiger partial charge in [-0.3, -0.25) is 0 Å². The third kappa shape index (κ3) is 0.601. The molecule has 0 N–H and O–H groups in total. The summed E-state index contributed by atoms with van der Waals surface area (Å²) in [6.45, 7) is 5.17. The van der Waals surface area contributed by atoms with Gasteiger partial charge >= 0.3 is 0 Å². The van der Waals surface area contributed by atoms with Gasteiger partial charge < -0.3 is 5.21 Å². The van der Waals surface area contributed by atoms with Crippen molar-refractivity contribution in [2.24, 2.45) is 0 Å². The predicted molar refractivity (Wildman–Crippen MR) is 28.4 cm³/mol. The van der Waals surface area contributed by atoms with Gasteiger partial charge in [-0.2, -0.15) is 0 Å². The van der Waals surface area contributed by atoms with E-state index < -0.39 is 0 Å². The maximum atomic E-state index is 10.3. The molecule has 40 valence electrons. The minimum atomic E-state index is -0.0833. The fourth-order valence-electron chi connectivity index (χ4n) is 0.430. The Bertz CT molecular complexity index is 105. The summed E-state index contributed by atoms with van der Waals surface area (Å²) in [6.07, 6.45) is 2.03. The van der Waals surface area contributed by atoms with Gasteiger partial charge in [0.2, 0.25) is 0 Å². The Hall–Kier alpha value is -0.530. The van der Waals surface area contributed by atoms with E-state index in [1.54, 1.807) is 0 Å². The summed E-state index contributed by atoms with van der Waals surface area (Å²) in [5, 5.41) is 10.3. The van der Waals surface area contributed by atoms with E-state index in [-0.39, 0.29) is 5.54 Å². The van der Waals surface area contributed by atoms with Crippen molar-refractivity contribution >= 4 is 6.72 Å². The number of hydrogen-bond donors (Lipinski definition) is 0. The monoisotopic (exact) mass is 99.1 g/mol. The van der Waals surface area contributed by atoms with Crippen LogP contribution in [0.4, 0.5) is 0 Å². The lowest BCUT2D eigenvalue weighted by Gasteiger charge is -2.06. The van der Waals surface area contributed by atoms with E-state index in [1.165, 1.54) is 0 Å². The molecule has 7 heavy (non-hydrogen) atoms. The molecule has 0 amide bonds. The van der Waals surface area contributed by atoms with Gasteiger partial charge in [-0.25, -0.2) is 4.74 Å². The number of rotatable bonds is 1. The smallest absolute Gasteiger partial charge is 0.170 e. The minimum Gasteiger partial charge on any atom is -0.624 e. The molecule has 0 bridgehead atoms. The number of hydroxylamine groups is 1. The number of hydrogen-bond acceptors (Lipinski definition) is 1. The van der Waals surface area contributed by atoms with Crippen molar-refractivity contribution in [2.75, 3.05) is 0 Å². The van der Waals surface area contributed by atoms with Crippen LogP contribution in [0.2, 0.25) is 0 Å². The summed E-state index contributed by atoms with van der Waals surface area (Å²) < 4.78 is 0.799. The standard InChI is InChI=1S/C5H9NO/c1-5(3-4-5)6(2)7/h2-4H2,1H3. The van der Waals surface area contributed by atoms with Gasteiger partial charge in [-0.1, -0.05) is 0 Å². The summed E-state index contributed by atoms with van der Waals surface area (Å²) >= 11 is 0. The second kappa shape index (κ2) is 0.997. The van der Waals surface area contributed by atoms with Crippen LogP contribution in [0.15, 0.2) is 0 Å². The molecule has 0 aromatic rings. The second-order valence-corrected chi connectivity index (χ2v) is 2.38. The summed E-state index contributed by atoms with van der Waals surface area (Å²) in [7, 11) is 0. The van der Waals surface area contributed by atoms with E-state index in [0.717, 1.165) is 17.6 Å². The molecule has 1 fully saturated rings. The van der Waals surface area contributed by atoms with Crippen LogP contribution in [0.5, 0.6) is 0 Å². The van der Waals surface area contributed by atoms with E-state index in [9.17, 15) is 5.21 Å². The fraction of sp³-hybridized carbons (Fsp3) is 0.800. The fourth-order valence-corrected chi connectivity index (χ4v) is 0.430. The first-order chi connectivity index (χ1) is 3.15. The molecule has 0 aromatic heterocycles. The van der Waals surface area contributed by atoms with Gasteiger partial charge in [0.1, 0.15) is 6.72 Å². The minimum absolute atomic E-state index is 0.0833. The first-order valence-electron chi connectivity index (χ1n) is 2.43. The normalized spacial score (nSPS) is 24.1. The average Bonchev–Trinajstić information content (AvgIpc) is 2.21. The molecule has 0 unspecified atom stereocenters. The molecule has 1 saturated carbocycles. The molecule has 0 radical (unpaired) electrons. The molecular weight excluding hydrogens is 90.1 g/mol. The van der Waals surface area contributed by atoms with Crippen molar-refractivity contribution in [2.45, 2.75) is 25.3 Å². The predicted octanol–water partition coefficient (Wildman–Crippen LogP) is 0.750.